The minimum atomic E-state index is -2.90. The van der Waals surface area contributed by atoms with Crippen molar-refractivity contribution in [1.82, 2.24) is 0 Å². The highest BCUT2D eigenvalue weighted by Crippen LogP contribution is 2.57. The molecular weight excluding hydrogens is 174 g/mol. The molecule has 0 N–H and O–H groups in total. The maximum Gasteiger partial charge on any atom is 0.257 e. The van der Waals surface area contributed by atoms with Crippen molar-refractivity contribution in [3.8, 4) is 0 Å². The molecule has 64 valence electrons. The van der Waals surface area contributed by atoms with E-state index in [4.69, 9.17) is 11.6 Å². The lowest BCUT2D eigenvalue weighted by atomic mass is 9.95. The second-order valence-corrected chi connectivity index (χ2v) is 3.29. The summed E-state index contributed by atoms with van der Waals surface area (Å²) in [5.41, 5.74) is -1.41. The molecular formula is C7H9ClF2O. The molecule has 0 bridgehead atoms. The lowest BCUT2D eigenvalue weighted by Gasteiger charge is -2.19. The average molecular weight is 183 g/mol. The largest absolute Gasteiger partial charge is 0.297 e. The van der Waals surface area contributed by atoms with Crippen LogP contribution < -0.4 is 0 Å². The van der Waals surface area contributed by atoms with E-state index in [2.05, 4.69) is 0 Å². The van der Waals surface area contributed by atoms with Gasteiger partial charge in [0.15, 0.2) is 5.78 Å². The summed E-state index contributed by atoms with van der Waals surface area (Å²) in [6.45, 7) is 0.782. The van der Waals surface area contributed by atoms with Crippen molar-refractivity contribution in [1.29, 1.82) is 0 Å². The molecule has 1 fully saturated rings. The fourth-order valence-electron chi connectivity index (χ4n) is 1.22. The zero-order valence-corrected chi connectivity index (χ0v) is 6.92. The summed E-state index contributed by atoms with van der Waals surface area (Å²) in [5, 5.41) is 0. The minimum absolute atomic E-state index is 0.280. The highest BCUT2D eigenvalue weighted by Gasteiger charge is 2.63. The number of carbonyl (C=O) groups is 1. The van der Waals surface area contributed by atoms with Gasteiger partial charge in [-0.05, 0) is 12.8 Å². The Bertz CT molecular complexity index is 181. The molecule has 0 unspecified atom stereocenters. The Kier molecular flexibility index (Phi) is 1.95. The van der Waals surface area contributed by atoms with Crippen molar-refractivity contribution in [3.05, 3.63) is 0 Å². The van der Waals surface area contributed by atoms with Gasteiger partial charge < -0.3 is 0 Å². The van der Waals surface area contributed by atoms with E-state index < -0.39 is 17.1 Å². The molecule has 0 saturated heterocycles. The van der Waals surface area contributed by atoms with Gasteiger partial charge in [0.2, 0.25) is 0 Å². The first-order chi connectivity index (χ1) is 4.94. The number of carbonyl (C=O) groups excluding carboxylic acids is 1. The standard InChI is InChI=1S/C7H9ClF2O/c1-6(9,10)7(2-3-7)5(11)4-8/h2-4H2,1H3. The molecule has 0 aromatic carbocycles. The van der Waals surface area contributed by atoms with E-state index in [0.717, 1.165) is 6.92 Å². The van der Waals surface area contributed by atoms with E-state index in [1.807, 2.05) is 0 Å². The van der Waals surface area contributed by atoms with Crippen molar-refractivity contribution >= 4 is 17.4 Å². The first-order valence-corrected chi connectivity index (χ1v) is 3.94. The normalized spacial score (nSPS) is 21.5. The van der Waals surface area contributed by atoms with Crippen LogP contribution in [0.15, 0.2) is 0 Å². The van der Waals surface area contributed by atoms with Gasteiger partial charge in [-0.3, -0.25) is 4.79 Å². The van der Waals surface area contributed by atoms with Crippen molar-refractivity contribution < 1.29 is 13.6 Å². The second-order valence-electron chi connectivity index (χ2n) is 3.03. The fourth-order valence-corrected chi connectivity index (χ4v) is 1.47. The number of ketones is 1. The van der Waals surface area contributed by atoms with Crippen LogP contribution in [0.5, 0.6) is 0 Å². The van der Waals surface area contributed by atoms with Crippen LogP contribution in [0.2, 0.25) is 0 Å². The second kappa shape index (κ2) is 2.41. The molecule has 0 radical (unpaired) electrons. The van der Waals surface area contributed by atoms with Crippen LogP contribution >= 0.6 is 11.6 Å². The number of alkyl halides is 3. The van der Waals surface area contributed by atoms with E-state index in [0.29, 0.717) is 0 Å². The number of Topliss-reactive ketones (excluding diaryl/α,β-unsaturated/α-hetero) is 1. The Balaban J connectivity index is 2.76. The maximum atomic E-state index is 12.7. The Hall–Kier alpha value is -0.180. The highest BCUT2D eigenvalue weighted by atomic mass is 35.5. The predicted molar refractivity (Wildman–Crippen MR) is 38.0 cm³/mol. The van der Waals surface area contributed by atoms with Gasteiger partial charge in [-0.15, -0.1) is 11.6 Å². The molecule has 0 aromatic heterocycles. The number of hydrogen-bond donors (Lipinski definition) is 0. The van der Waals surface area contributed by atoms with Gasteiger partial charge in [0.05, 0.1) is 11.3 Å². The molecule has 4 heteroatoms. The molecule has 0 atom stereocenters. The third-order valence-corrected chi connectivity index (χ3v) is 2.49. The van der Waals surface area contributed by atoms with E-state index in [1.54, 1.807) is 0 Å². The fraction of sp³-hybridized carbons (Fsp3) is 0.857. The van der Waals surface area contributed by atoms with Crippen molar-refractivity contribution in [3.63, 3.8) is 0 Å². The molecule has 0 heterocycles. The molecule has 0 aromatic rings. The smallest absolute Gasteiger partial charge is 0.257 e. The lowest BCUT2D eigenvalue weighted by Crippen LogP contribution is -2.34. The summed E-state index contributed by atoms with van der Waals surface area (Å²) in [7, 11) is 0. The molecule has 1 aliphatic carbocycles. The van der Waals surface area contributed by atoms with Crippen molar-refractivity contribution in [2.24, 2.45) is 5.41 Å². The maximum absolute atomic E-state index is 12.7. The summed E-state index contributed by atoms with van der Waals surface area (Å²) < 4.78 is 25.4. The monoisotopic (exact) mass is 182 g/mol. The number of rotatable bonds is 3. The van der Waals surface area contributed by atoms with Crippen LogP contribution in [0, 0.1) is 5.41 Å². The van der Waals surface area contributed by atoms with E-state index in [-0.39, 0.29) is 18.7 Å². The quantitative estimate of drug-likeness (QED) is 0.612. The molecule has 1 nitrogen and oxygen atoms in total. The zero-order valence-electron chi connectivity index (χ0n) is 6.16. The van der Waals surface area contributed by atoms with Crippen LogP contribution in [-0.4, -0.2) is 17.6 Å². The molecule has 1 aliphatic rings. The van der Waals surface area contributed by atoms with Crippen LogP contribution in [0.25, 0.3) is 0 Å². The van der Waals surface area contributed by atoms with Gasteiger partial charge in [-0.2, -0.15) is 0 Å². The van der Waals surface area contributed by atoms with Gasteiger partial charge in [0.1, 0.15) is 0 Å². The predicted octanol–water partition coefficient (Wildman–Crippen LogP) is 2.23. The molecule has 11 heavy (non-hydrogen) atoms. The molecule has 1 saturated carbocycles. The Morgan fingerprint density at radius 2 is 2.09 bits per heavy atom. The van der Waals surface area contributed by atoms with Crippen LogP contribution in [0.3, 0.4) is 0 Å². The van der Waals surface area contributed by atoms with Gasteiger partial charge in [-0.25, -0.2) is 8.78 Å². The topological polar surface area (TPSA) is 17.1 Å². The average Bonchev–Trinajstić information content (AvgIpc) is 2.63. The summed E-state index contributed by atoms with van der Waals surface area (Å²) >= 11 is 5.20. The van der Waals surface area contributed by atoms with E-state index in [1.165, 1.54) is 0 Å². The molecule has 0 aliphatic heterocycles. The summed E-state index contributed by atoms with van der Waals surface area (Å²) in [5.74, 6) is -3.73. The molecule has 0 amide bonds. The van der Waals surface area contributed by atoms with Gasteiger partial charge >= 0.3 is 0 Å². The Morgan fingerprint density at radius 1 is 1.64 bits per heavy atom. The number of halogens is 3. The van der Waals surface area contributed by atoms with Gasteiger partial charge in [0.25, 0.3) is 5.92 Å². The first kappa shape index (κ1) is 8.91. The van der Waals surface area contributed by atoms with E-state index >= 15 is 0 Å². The summed E-state index contributed by atoms with van der Waals surface area (Å²) in [6.07, 6.45) is 0.560. The summed E-state index contributed by atoms with van der Waals surface area (Å²) in [6, 6.07) is 0. The molecule has 0 spiro atoms. The van der Waals surface area contributed by atoms with Crippen LogP contribution in [0.4, 0.5) is 8.78 Å². The minimum Gasteiger partial charge on any atom is -0.297 e. The van der Waals surface area contributed by atoms with E-state index in [9.17, 15) is 13.6 Å². The van der Waals surface area contributed by atoms with Gasteiger partial charge in [0, 0.05) is 6.92 Å². The van der Waals surface area contributed by atoms with Gasteiger partial charge in [-0.1, -0.05) is 0 Å². The van der Waals surface area contributed by atoms with Crippen LogP contribution in [0.1, 0.15) is 19.8 Å². The molecule has 1 rings (SSSR count). The SMILES string of the molecule is CC(F)(F)C1(C(=O)CCl)CC1. The van der Waals surface area contributed by atoms with Crippen LogP contribution in [-0.2, 0) is 4.79 Å². The Morgan fingerprint density at radius 3 is 2.18 bits per heavy atom. The highest BCUT2D eigenvalue weighted by molar-refractivity contribution is 6.28. The number of hydrogen-bond acceptors (Lipinski definition) is 1. The Labute approximate surface area is 68.7 Å². The first-order valence-electron chi connectivity index (χ1n) is 3.41. The lowest BCUT2D eigenvalue weighted by molar-refractivity contribution is -0.136. The third kappa shape index (κ3) is 1.26. The van der Waals surface area contributed by atoms with Crippen molar-refractivity contribution in [2.45, 2.75) is 25.7 Å². The third-order valence-electron chi connectivity index (χ3n) is 2.25. The zero-order chi connectivity index (χ0) is 8.70. The summed E-state index contributed by atoms with van der Waals surface area (Å²) in [4.78, 5) is 10.9. The van der Waals surface area contributed by atoms with Crippen molar-refractivity contribution in [2.75, 3.05) is 5.88 Å².